The first-order valence-corrected chi connectivity index (χ1v) is 4.71. The molecular weight excluding hydrogens is 211 g/mol. The average molecular weight is 224 g/mol. The fourth-order valence-corrected chi connectivity index (χ4v) is 0.889. The number of rotatable bonds is 3. The van der Waals surface area contributed by atoms with E-state index < -0.39 is 11.5 Å². The Morgan fingerprint density at radius 3 is 2.81 bits per heavy atom. The summed E-state index contributed by atoms with van der Waals surface area (Å²) < 4.78 is 12.8. The van der Waals surface area contributed by atoms with Crippen molar-refractivity contribution in [2.75, 3.05) is 0 Å². The monoisotopic (exact) mass is 224 g/mol. The van der Waals surface area contributed by atoms with Gasteiger partial charge in [-0.05, 0) is 31.5 Å². The molecule has 0 saturated carbocycles. The highest BCUT2D eigenvalue weighted by Crippen LogP contribution is 2.01. The van der Waals surface area contributed by atoms with Crippen molar-refractivity contribution >= 4 is 12.1 Å². The van der Waals surface area contributed by atoms with Crippen molar-refractivity contribution in [2.24, 2.45) is 5.10 Å². The maximum Gasteiger partial charge on any atom is 0.271 e. The molecule has 1 amide bonds. The molecule has 0 heterocycles. The summed E-state index contributed by atoms with van der Waals surface area (Å²) in [6, 6.07) is 5.77. The number of carbonyl (C=O) groups excluding carboxylic acids is 1. The third-order valence-electron chi connectivity index (χ3n) is 1.78. The van der Waals surface area contributed by atoms with Gasteiger partial charge in [-0.3, -0.25) is 4.79 Å². The third-order valence-corrected chi connectivity index (χ3v) is 1.78. The minimum atomic E-state index is -1.49. The van der Waals surface area contributed by atoms with E-state index in [-0.39, 0.29) is 5.82 Å². The number of amides is 1. The van der Waals surface area contributed by atoms with Crippen molar-refractivity contribution in [1.82, 2.24) is 5.43 Å². The molecule has 0 unspecified atom stereocenters. The minimum absolute atomic E-state index is 0.377. The van der Waals surface area contributed by atoms with Gasteiger partial charge < -0.3 is 5.11 Å². The molecule has 0 bridgehead atoms. The van der Waals surface area contributed by atoms with Crippen LogP contribution in [0.2, 0.25) is 0 Å². The lowest BCUT2D eigenvalue weighted by atomic mass is 10.1. The van der Waals surface area contributed by atoms with E-state index in [1.54, 1.807) is 6.07 Å². The standard InChI is InChI=1S/C11H13FN2O2/c1-11(2,16)10(15)14-13-7-8-4-3-5-9(12)6-8/h3-7,16H,1-2H3,(H,14,15). The summed E-state index contributed by atoms with van der Waals surface area (Å²) in [7, 11) is 0. The molecule has 1 aromatic carbocycles. The van der Waals surface area contributed by atoms with Gasteiger partial charge >= 0.3 is 0 Å². The maximum atomic E-state index is 12.8. The molecular formula is C11H13FN2O2. The molecule has 0 aliphatic rings. The molecule has 1 rings (SSSR count). The topological polar surface area (TPSA) is 61.7 Å². The second kappa shape index (κ2) is 4.85. The second-order valence-corrected chi connectivity index (χ2v) is 3.81. The number of nitrogens with zero attached hydrogens (tertiary/aromatic N) is 1. The lowest BCUT2D eigenvalue weighted by molar-refractivity contribution is -0.136. The summed E-state index contributed by atoms with van der Waals surface area (Å²) in [4.78, 5) is 11.2. The van der Waals surface area contributed by atoms with Gasteiger partial charge in [0.05, 0.1) is 6.21 Å². The Morgan fingerprint density at radius 1 is 1.56 bits per heavy atom. The largest absolute Gasteiger partial charge is 0.381 e. The first-order chi connectivity index (χ1) is 7.39. The van der Waals surface area contributed by atoms with Gasteiger partial charge in [-0.25, -0.2) is 9.82 Å². The number of hydrogen-bond acceptors (Lipinski definition) is 3. The molecule has 0 fully saturated rings. The van der Waals surface area contributed by atoms with E-state index in [4.69, 9.17) is 0 Å². The molecule has 0 saturated heterocycles. The molecule has 5 heteroatoms. The van der Waals surface area contributed by atoms with Crippen LogP contribution in [0.1, 0.15) is 19.4 Å². The first kappa shape index (κ1) is 12.3. The van der Waals surface area contributed by atoms with Gasteiger partial charge in [-0.1, -0.05) is 12.1 Å². The zero-order chi connectivity index (χ0) is 12.2. The van der Waals surface area contributed by atoms with E-state index in [1.807, 2.05) is 0 Å². The van der Waals surface area contributed by atoms with E-state index in [0.29, 0.717) is 5.56 Å². The highest BCUT2D eigenvalue weighted by Gasteiger charge is 2.22. The number of hydrazone groups is 1. The summed E-state index contributed by atoms with van der Waals surface area (Å²) in [6.45, 7) is 2.69. The Bertz CT molecular complexity index is 411. The van der Waals surface area contributed by atoms with Crippen LogP contribution in [0.5, 0.6) is 0 Å². The summed E-state index contributed by atoms with van der Waals surface area (Å²) in [6.07, 6.45) is 1.30. The molecule has 0 aliphatic heterocycles. The summed E-state index contributed by atoms with van der Waals surface area (Å²) in [5.74, 6) is -1.00. The lowest BCUT2D eigenvalue weighted by Crippen LogP contribution is -2.39. The predicted octanol–water partition coefficient (Wildman–Crippen LogP) is 1.05. The number of aliphatic hydroxyl groups is 1. The van der Waals surface area contributed by atoms with Crippen molar-refractivity contribution in [3.8, 4) is 0 Å². The molecule has 86 valence electrons. The van der Waals surface area contributed by atoms with Crippen LogP contribution in [-0.4, -0.2) is 22.8 Å². The number of halogens is 1. The van der Waals surface area contributed by atoms with E-state index >= 15 is 0 Å². The fourth-order valence-electron chi connectivity index (χ4n) is 0.889. The van der Waals surface area contributed by atoms with E-state index in [2.05, 4.69) is 10.5 Å². The highest BCUT2D eigenvalue weighted by molar-refractivity contribution is 5.86. The highest BCUT2D eigenvalue weighted by atomic mass is 19.1. The van der Waals surface area contributed by atoms with Gasteiger partial charge in [-0.2, -0.15) is 5.10 Å². The van der Waals surface area contributed by atoms with Crippen LogP contribution in [0.25, 0.3) is 0 Å². The van der Waals surface area contributed by atoms with Crippen LogP contribution in [0.15, 0.2) is 29.4 Å². The van der Waals surface area contributed by atoms with Gasteiger partial charge in [-0.15, -0.1) is 0 Å². The lowest BCUT2D eigenvalue weighted by Gasteiger charge is -2.13. The maximum absolute atomic E-state index is 12.8. The fraction of sp³-hybridized carbons (Fsp3) is 0.273. The van der Waals surface area contributed by atoms with Gasteiger partial charge in [0.2, 0.25) is 0 Å². The van der Waals surface area contributed by atoms with Crippen LogP contribution in [-0.2, 0) is 4.79 Å². The number of nitrogens with one attached hydrogen (secondary N) is 1. The van der Waals surface area contributed by atoms with Gasteiger partial charge in [0.25, 0.3) is 5.91 Å². The summed E-state index contributed by atoms with van der Waals surface area (Å²) in [5.41, 5.74) is 1.19. The third kappa shape index (κ3) is 3.78. The summed E-state index contributed by atoms with van der Waals surface area (Å²) in [5, 5.41) is 12.9. The number of benzene rings is 1. The van der Waals surface area contributed by atoms with Crippen molar-refractivity contribution in [3.63, 3.8) is 0 Å². The van der Waals surface area contributed by atoms with E-state index in [1.165, 1.54) is 38.3 Å². The van der Waals surface area contributed by atoms with Crippen molar-refractivity contribution in [3.05, 3.63) is 35.6 Å². The van der Waals surface area contributed by atoms with Crippen molar-refractivity contribution < 1.29 is 14.3 Å². The molecule has 0 aliphatic carbocycles. The van der Waals surface area contributed by atoms with Crippen LogP contribution in [0.3, 0.4) is 0 Å². The molecule has 0 atom stereocenters. The van der Waals surface area contributed by atoms with Gasteiger partial charge in [0.1, 0.15) is 11.4 Å². The first-order valence-electron chi connectivity index (χ1n) is 4.71. The minimum Gasteiger partial charge on any atom is -0.381 e. The van der Waals surface area contributed by atoms with Crippen LogP contribution < -0.4 is 5.43 Å². The van der Waals surface area contributed by atoms with Crippen LogP contribution >= 0.6 is 0 Å². The Balaban J connectivity index is 2.59. The van der Waals surface area contributed by atoms with Crippen LogP contribution in [0, 0.1) is 5.82 Å². The molecule has 1 aromatic rings. The smallest absolute Gasteiger partial charge is 0.271 e. The Morgan fingerprint density at radius 2 is 2.25 bits per heavy atom. The number of carbonyl (C=O) groups is 1. The number of hydrogen-bond donors (Lipinski definition) is 2. The van der Waals surface area contributed by atoms with Crippen LogP contribution in [0.4, 0.5) is 4.39 Å². The Kier molecular flexibility index (Phi) is 3.73. The van der Waals surface area contributed by atoms with Gasteiger partial charge in [0.15, 0.2) is 0 Å². The molecule has 0 aromatic heterocycles. The second-order valence-electron chi connectivity index (χ2n) is 3.81. The van der Waals surface area contributed by atoms with E-state index in [9.17, 15) is 14.3 Å². The van der Waals surface area contributed by atoms with E-state index in [0.717, 1.165) is 0 Å². The normalized spacial score (nSPS) is 11.8. The quantitative estimate of drug-likeness (QED) is 0.595. The zero-order valence-corrected chi connectivity index (χ0v) is 9.07. The molecule has 2 N–H and O–H groups in total. The Labute approximate surface area is 92.8 Å². The SMILES string of the molecule is CC(C)(O)C(=O)NN=Cc1cccc(F)c1. The average Bonchev–Trinajstić information content (AvgIpc) is 2.16. The molecule has 4 nitrogen and oxygen atoms in total. The predicted molar refractivity (Wildman–Crippen MR) is 58.4 cm³/mol. The molecule has 0 spiro atoms. The molecule has 16 heavy (non-hydrogen) atoms. The molecule has 0 radical (unpaired) electrons. The van der Waals surface area contributed by atoms with Crippen molar-refractivity contribution in [2.45, 2.75) is 19.4 Å². The summed E-state index contributed by atoms with van der Waals surface area (Å²) >= 11 is 0. The van der Waals surface area contributed by atoms with Crippen molar-refractivity contribution in [1.29, 1.82) is 0 Å². The Hall–Kier alpha value is -1.75. The van der Waals surface area contributed by atoms with Gasteiger partial charge in [0, 0.05) is 0 Å². The zero-order valence-electron chi connectivity index (χ0n) is 9.07.